The summed E-state index contributed by atoms with van der Waals surface area (Å²) < 4.78 is 6.00. The average molecular weight is 405 g/mol. The molecule has 0 bridgehead atoms. The number of hydrogen-bond acceptors (Lipinski definition) is 3. The number of piperidine rings is 1. The zero-order valence-corrected chi connectivity index (χ0v) is 17.6. The monoisotopic (exact) mass is 404 g/mol. The maximum absolute atomic E-state index is 13.7. The summed E-state index contributed by atoms with van der Waals surface area (Å²) in [6.07, 6.45) is 3.09. The summed E-state index contributed by atoms with van der Waals surface area (Å²) in [4.78, 5) is 29.8. The van der Waals surface area contributed by atoms with Gasteiger partial charge in [0.2, 0.25) is 11.8 Å². The van der Waals surface area contributed by atoms with Crippen LogP contribution in [0, 0.1) is 0 Å². The minimum Gasteiger partial charge on any atom is -0.461 e. The normalized spacial score (nSPS) is 15.4. The van der Waals surface area contributed by atoms with E-state index in [1.165, 1.54) is 0 Å². The molecule has 1 saturated heterocycles. The van der Waals surface area contributed by atoms with Gasteiger partial charge in [-0.25, -0.2) is 0 Å². The van der Waals surface area contributed by atoms with Crippen LogP contribution in [0.2, 0.25) is 0 Å². The van der Waals surface area contributed by atoms with E-state index in [0.29, 0.717) is 19.5 Å². The highest BCUT2D eigenvalue weighted by molar-refractivity contribution is 5.89. The molecule has 1 aliphatic heterocycles. The number of benzene rings is 2. The topological polar surface area (TPSA) is 53.8 Å². The van der Waals surface area contributed by atoms with Gasteiger partial charge in [-0.1, -0.05) is 55.5 Å². The SMILES string of the molecule is CCc1oc2ccccc2c1CN(C)C(=O)C(c1ccccc1)N1CCCCC1=O. The number of aryl methyl sites for hydroxylation is 1. The Kier molecular flexibility index (Phi) is 5.88. The predicted octanol–water partition coefficient (Wildman–Crippen LogP) is 4.71. The van der Waals surface area contributed by atoms with E-state index in [1.54, 1.807) is 9.80 Å². The molecule has 3 aromatic rings. The Morgan fingerprint density at radius 2 is 1.83 bits per heavy atom. The highest BCUT2D eigenvalue weighted by Crippen LogP contribution is 2.30. The molecule has 0 saturated carbocycles. The van der Waals surface area contributed by atoms with Crippen LogP contribution in [0.1, 0.15) is 49.1 Å². The van der Waals surface area contributed by atoms with Gasteiger partial charge in [0.1, 0.15) is 17.4 Å². The van der Waals surface area contributed by atoms with E-state index in [1.807, 2.05) is 61.6 Å². The van der Waals surface area contributed by atoms with Crippen LogP contribution in [0.5, 0.6) is 0 Å². The second-order valence-corrected chi connectivity index (χ2v) is 7.91. The van der Waals surface area contributed by atoms with E-state index in [9.17, 15) is 9.59 Å². The highest BCUT2D eigenvalue weighted by atomic mass is 16.3. The van der Waals surface area contributed by atoms with Gasteiger partial charge in [0.05, 0.1) is 0 Å². The van der Waals surface area contributed by atoms with Gasteiger partial charge in [-0.15, -0.1) is 0 Å². The molecule has 2 heterocycles. The second kappa shape index (κ2) is 8.74. The van der Waals surface area contributed by atoms with Gasteiger partial charge >= 0.3 is 0 Å². The molecular formula is C25H28N2O3. The Morgan fingerprint density at radius 3 is 2.57 bits per heavy atom. The van der Waals surface area contributed by atoms with Crippen molar-refractivity contribution in [3.05, 3.63) is 71.5 Å². The largest absolute Gasteiger partial charge is 0.461 e. The van der Waals surface area contributed by atoms with Gasteiger partial charge in [-0.3, -0.25) is 9.59 Å². The van der Waals surface area contributed by atoms with Gasteiger partial charge in [0.25, 0.3) is 0 Å². The molecule has 0 N–H and O–H groups in total. The number of likely N-dealkylation sites (N-methyl/N-ethyl adjacent to an activating group) is 1. The smallest absolute Gasteiger partial charge is 0.250 e. The molecule has 1 unspecified atom stereocenters. The first-order valence-corrected chi connectivity index (χ1v) is 10.7. The number of amides is 2. The molecule has 1 aromatic heterocycles. The number of furan rings is 1. The minimum absolute atomic E-state index is 0.0554. The van der Waals surface area contributed by atoms with E-state index in [-0.39, 0.29) is 11.8 Å². The molecule has 0 aliphatic carbocycles. The quantitative estimate of drug-likeness (QED) is 0.598. The first kappa shape index (κ1) is 20.2. The van der Waals surface area contributed by atoms with Gasteiger partial charge in [0, 0.05) is 43.9 Å². The van der Waals surface area contributed by atoms with Crippen LogP contribution < -0.4 is 0 Å². The van der Waals surface area contributed by atoms with Crippen LogP contribution in [0.4, 0.5) is 0 Å². The van der Waals surface area contributed by atoms with Gasteiger partial charge in [-0.05, 0) is 24.5 Å². The third kappa shape index (κ3) is 3.84. The molecule has 5 nitrogen and oxygen atoms in total. The Morgan fingerprint density at radius 1 is 1.10 bits per heavy atom. The first-order valence-electron chi connectivity index (χ1n) is 10.7. The number of nitrogens with zero attached hydrogens (tertiary/aromatic N) is 2. The number of hydrogen-bond donors (Lipinski definition) is 0. The van der Waals surface area contributed by atoms with Crippen molar-refractivity contribution in [2.75, 3.05) is 13.6 Å². The molecule has 0 spiro atoms. The van der Waals surface area contributed by atoms with E-state index >= 15 is 0 Å². The Labute approximate surface area is 177 Å². The van der Waals surface area contributed by atoms with Crippen LogP contribution in [-0.2, 0) is 22.6 Å². The second-order valence-electron chi connectivity index (χ2n) is 7.91. The molecule has 30 heavy (non-hydrogen) atoms. The van der Waals surface area contributed by atoms with Crippen LogP contribution >= 0.6 is 0 Å². The summed E-state index contributed by atoms with van der Waals surface area (Å²) in [6.45, 7) is 3.12. The maximum atomic E-state index is 13.7. The number of likely N-dealkylation sites (tertiary alicyclic amines) is 1. The highest BCUT2D eigenvalue weighted by Gasteiger charge is 2.34. The lowest BCUT2D eigenvalue weighted by molar-refractivity contribution is -0.147. The maximum Gasteiger partial charge on any atom is 0.250 e. The van der Waals surface area contributed by atoms with Crippen LogP contribution in [0.15, 0.2) is 59.0 Å². The van der Waals surface area contributed by atoms with Crippen molar-refractivity contribution in [2.45, 2.75) is 45.2 Å². The summed E-state index contributed by atoms with van der Waals surface area (Å²) in [7, 11) is 1.81. The molecule has 2 aromatic carbocycles. The summed E-state index contributed by atoms with van der Waals surface area (Å²) in [5.74, 6) is 0.893. The molecule has 1 fully saturated rings. The van der Waals surface area contributed by atoms with Crippen LogP contribution in [0.25, 0.3) is 11.0 Å². The van der Waals surface area contributed by atoms with Crippen molar-refractivity contribution < 1.29 is 14.0 Å². The lowest BCUT2D eigenvalue weighted by atomic mass is 9.99. The van der Waals surface area contributed by atoms with Crippen molar-refractivity contribution in [2.24, 2.45) is 0 Å². The first-order chi connectivity index (χ1) is 14.6. The lowest BCUT2D eigenvalue weighted by Gasteiger charge is -2.36. The summed E-state index contributed by atoms with van der Waals surface area (Å²) >= 11 is 0. The van der Waals surface area contributed by atoms with Crippen molar-refractivity contribution >= 4 is 22.8 Å². The fourth-order valence-electron chi connectivity index (χ4n) is 4.32. The van der Waals surface area contributed by atoms with E-state index in [2.05, 4.69) is 6.92 Å². The molecule has 156 valence electrons. The fourth-order valence-corrected chi connectivity index (χ4v) is 4.32. The van der Waals surface area contributed by atoms with Gasteiger partial charge in [-0.2, -0.15) is 0 Å². The van der Waals surface area contributed by atoms with Crippen molar-refractivity contribution in [3.8, 4) is 0 Å². The molecular weight excluding hydrogens is 376 g/mol. The van der Waals surface area contributed by atoms with E-state index < -0.39 is 6.04 Å². The number of fused-ring (bicyclic) bond motifs is 1. The number of rotatable bonds is 6. The van der Waals surface area contributed by atoms with Crippen LogP contribution in [-0.4, -0.2) is 35.2 Å². The summed E-state index contributed by atoms with van der Waals surface area (Å²) in [5.41, 5.74) is 2.74. The Bertz CT molecular complexity index is 1040. The summed E-state index contributed by atoms with van der Waals surface area (Å²) in [5, 5.41) is 1.04. The fraction of sp³-hybridized carbons (Fsp3) is 0.360. The molecule has 2 amide bonds. The summed E-state index contributed by atoms with van der Waals surface area (Å²) in [6, 6.07) is 17.0. The van der Waals surface area contributed by atoms with Crippen molar-refractivity contribution in [1.82, 2.24) is 9.80 Å². The molecule has 0 radical (unpaired) electrons. The molecule has 4 rings (SSSR count). The number of carbonyl (C=O) groups is 2. The third-order valence-electron chi connectivity index (χ3n) is 5.90. The van der Waals surface area contributed by atoms with Crippen molar-refractivity contribution in [1.29, 1.82) is 0 Å². The Balaban J connectivity index is 1.66. The predicted molar refractivity (Wildman–Crippen MR) is 117 cm³/mol. The van der Waals surface area contributed by atoms with E-state index in [0.717, 1.165) is 47.1 Å². The van der Waals surface area contributed by atoms with Gasteiger partial charge < -0.3 is 14.2 Å². The molecule has 1 atom stereocenters. The van der Waals surface area contributed by atoms with Gasteiger partial charge in [0.15, 0.2) is 0 Å². The zero-order valence-electron chi connectivity index (χ0n) is 17.6. The molecule has 5 heteroatoms. The number of para-hydroxylation sites is 1. The van der Waals surface area contributed by atoms with E-state index in [4.69, 9.17) is 4.42 Å². The lowest BCUT2D eigenvalue weighted by Crippen LogP contribution is -2.46. The molecule has 1 aliphatic rings. The van der Waals surface area contributed by atoms with Crippen molar-refractivity contribution in [3.63, 3.8) is 0 Å². The zero-order chi connectivity index (χ0) is 21.1. The minimum atomic E-state index is -0.591. The third-order valence-corrected chi connectivity index (χ3v) is 5.90. The average Bonchev–Trinajstić information content (AvgIpc) is 3.13. The number of carbonyl (C=O) groups excluding carboxylic acids is 2. The standard InChI is InChI=1S/C25H28N2O3/c1-3-21-20(19-13-7-8-14-22(19)30-21)17-26(2)25(29)24(18-11-5-4-6-12-18)27-16-10-9-15-23(27)28/h4-8,11-14,24H,3,9-10,15-17H2,1-2H3. The van der Waals surface area contributed by atoms with Crippen LogP contribution in [0.3, 0.4) is 0 Å². The Hall–Kier alpha value is -3.08.